The monoisotopic (exact) mass is 392 g/mol. The maximum atomic E-state index is 8.77. The molecular formula is H2Ca2MgO12P2S. The van der Waals surface area contributed by atoms with Crippen LogP contribution in [-0.2, 0) is 19.5 Å². The Bertz CT molecular complexity index is 293. The molecule has 0 aliphatic carbocycles. The van der Waals surface area contributed by atoms with Gasteiger partial charge in [-0.1, -0.05) is 0 Å². The summed E-state index contributed by atoms with van der Waals surface area (Å²) >= 11 is 0. The van der Waals surface area contributed by atoms with Crippen molar-refractivity contribution in [2.24, 2.45) is 0 Å². The molecule has 0 saturated heterocycles. The van der Waals surface area contributed by atoms with E-state index in [1.54, 1.807) is 0 Å². The van der Waals surface area contributed by atoms with Crippen LogP contribution in [0.25, 0.3) is 0 Å². The summed E-state index contributed by atoms with van der Waals surface area (Å²) < 4.78 is 51.4. The fourth-order valence-electron chi connectivity index (χ4n) is 0. The third-order valence-electron chi connectivity index (χ3n) is 0. The predicted octanol–water partition coefficient (Wildman–Crippen LogP) is -6.87. The zero-order valence-corrected chi connectivity index (χ0v) is 16.8. The van der Waals surface area contributed by atoms with Crippen LogP contribution >= 0.6 is 15.6 Å². The summed E-state index contributed by atoms with van der Waals surface area (Å²) in [6.45, 7) is 0. The molecule has 12 nitrogen and oxygen atoms in total. The van der Waals surface area contributed by atoms with Crippen molar-refractivity contribution in [3.8, 4) is 0 Å². The van der Waals surface area contributed by atoms with Gasteiger partial charge in [0.2, 0.25) is 0 Å². The van der Waals surface area contributed by atoms with Crippen LogP contribution in [0.4, 0.5) is 0 Å². The fraction of sp³-hybridized carbons (Fsp3) is 0. The van der Waals surface area contributed by atoms with E-state index in [0.717, 1.165) is 0 Å². The van der Waals surface area contributed by atoms with Gasteiger partial charge in [0.05, 0.1) is 0 Å². The molecule has 0 rings (SSSR count). The summed E-state index contributed by atoms with van der Waals surface area (Å²) in [6, 6.07) is 0. The van der Waals surface area contributed by atoms with Crippen molar-refractivity contribution < 1.29 is 56.0 Å². The van der Waals surface area contributed by atoms with Gasteiger partial charge in [0.25, 0.3) is 7.82 Å². The van der Waals surface area contributed by atoms with Crippen LogP contribution in [0.3, 0.4) is 0 Å². The second-order valence-corrected chi connectivity index (χ2v) is 4.04. The normalized spacial score (nSPS) is 9.78. The molecule has 2 N–H and O–H groups in total. The van der Waals surface area contributed by atoms with Crippen LogP contribution < -0.4 is 19.6 Å². The van der Waals surface area contributed by atoms with E-state index in [2.05, 4.69) is 0 Å². The van der Waals surface area contributed by atoms with Crippen molar-refractivity contribution in [2.75, 3.05) is 0 Å². The summed E-state index contributed by atoms with van der Waals surface area (Å²) in [5, 5.41) is 0. The zero-order valence-electron chi connectivity index (χ0n) is 8.40. The van der Waals surface area contributed by atoms with E-state index in [0.29, 0.717) is 0 Å². The van der Waals surface area contributed by atoms with Gasteiger partial charge in [-0.05, 0) is 0 Å². The Hall–Kier alpha value is 3.38. The topological polar surface area (TPSA) is 247 Å². The smallest absolute Gasteiger partial charge is 0.822 e. The molecule has 0 unspecified atom stereocenters. The summed E-state index contributed by atoms with van der Waals surface area (Å²) in [5.74, 6) is 0. The second kappa shape index (κ2) is 16.7. The Morgan fingerprint density at radius 3 is 0.833 bits per heavy atom. The van der Waals surface area contributed by atoms with Gasteiger partial charge in [-0.15, -0.1) is 0 Å². The van der Waals surface area contributed by atoms with Crippen LogP contribution in [-0.4, -0.2) is 126 Å². The van der Waals surface area contributed by atoms with Crippen LogP contribution in [0, 0.1) is 0 Å². The molecule has 0 aliphatic rings. The van der Waals surface area contributed by atoms with E-state index in [9.17, 15) is 0 Å². The van der Waals surface area contributed by atoms with Gasteiger partial charge in [0.1, 0.15) is 0 Å². The maximum Gasteiger partial charge on any atom is 2.00 e. The standard InChI is InChI=1S/2Ca.Mg.2H3O4P.H2O4S/c;;;3*1-5(2,3)4/h;;;2*(H3,1,2,3,4);(H2,1,2,3,4)/q3*+2;;;/p-6. The van der Waals surface area contributed by atoms with Crippen molar-refractivity contribution >= 4 is 125 Å². The summed E-state index contributed by atoms with van der Waals surface area (Å²) in [6.07, 6.45) is 0. The first-order valence-electron chi connectivity index (χ1n) is 2.16. The SMILES string of the molecule is O=P([O-])(O)O.O=P([O-])([O-])[O-].O=S(=O)([O-])[O-].[Ca+2].[Ca+2].[Mg+2]. The van der Waals surface area contributed by atoms with Crippen LogP contribution in [0.2, 0.25) is 0 Å². The first-order valence-corrected chi connectivity index (χ1v) is 6.49. The molecule has 0 atom stereocenters. The summed E-state index contributed by atoms with van der Waals surface area (Å²) in [5.41, 5.74) is 0. The summed E-state index contributed by atoms with van der Waals surface area (Å²) in [7, 11) is -15.4. The third kappa shape index (κ3) is 574. The summed E-state index contributed by atoms with van der Waals surface area (Å²) in [4.78, 5) is 48.6. The number of hydrogen-bond donors (Lipinski definition) is 2. The molecule has 0 amide bonds. The van der Waals surface area contributed by atoms with E-state index in [1.165, 1.54) is 0 Å². The largest absolute Gasteiger partial charge is 2.00 e. The van der Waals surface area contributed by atoms with E-state index >= 15 is 0 Å². The average Bonchev–Trinajstić information content (AvgIpc) is 1.41. The molecule has 0 aromatic rings. The first-order chi connectivity index (χ1) is 6.00. The van der Waals surface area contributed by atoms with E-state index in [4.69, 9.17) is 56.0 Å². The molecular weight excluding hydrogens is 390 g/mol. The molecule has 0 aromatic carbocycles. The Kier molecular flexibility index (Phi) is 34.9. The van der Waals surface area contributed by atoms with Crippen molar-refractivity contribution in [3.63, 3.8) is 0 Å². The molecule has 0 heterocycles. The van der Waals surface area contributed by atoms with Crippen LogP contribution in [0.5, 0.6) is 0 Å². The van der Waals surface area contributed by atoms with Gasteiger partial charge >= 0.3 is 98.5 Å². The maximum absolute atomic E-state index is 8.77. The molecule has 18 heavy (non-hydrogen) atoms. The molecule has 96 valence electrons. The number of hydrogen-bond acceptors (Lipinski definition) is 10. The Morgan fingerprint density at radius 2 is 0.833 bits per heavy atom. The number of rotatable bonds is 0. The fourth-order valence-corrected chi connectivity index (χ4v) is 0. The molecule has 0 saturated carbocycles. The third-order valence-corrected chi connectivity index (χ3v) is 0. The van der Waals surface area contributed by atoms with Gasteiger partial charge in [0, 0.05) is 10.4 Å². The first kappa shape index (κ1) is 37.5. The molecule has 0 radical (unpaired) electrons. The Labute approximate surface area is 177 Å². The second-order valence-electron chi connectivity index (χ2n) is 1.35. The van der Waals surface area contributed by atoms with E-state index in [1.807, 2.05) is 0 Å². The minimum Gasteiger partial charge on any atom is -0.822 e. The van der Waals surface area contributed by atoms with Gasteiger partial charge in [-0.2, -0.15) is 7.82 Å². The van der Waals surface area contributed by atoms with Crippen molar-refractivity contribution in [1.29, 1.82) is 0 Å². The molecule has 0 fully saturated rings. The Morgan fingerprint density at radius 1 is 0.833 bits per heavy atom. The van der Waals surface area contributed by atoms with Crippen LogP contribution in [0.15, 0.2) is 0 Å². The zero-order chi connectivity index (χ0) is 13.5. The molecule has 0 aromatic heterocycles. The van der Waals surface area contributed by atoms with Gasteiger partial charge in [-0.25, -0.2) is 0 Å². The van der Waals surface area contributed by atoms with Gasteiger partial charge in [-0.3, -0.25) is 13.0 Å². The molecule has 0 bridgehead atoms. The van der Waals surface area contributed by atoms with Crippen LogP contribution in [0.1, 0.15) is 0 Å². The van der Waals surface area contributed by atoms with Crippen molar-refractivity contribution in [3.05, 3.63) is 0 Å². The molecule has 18 heteroatoms. The van der Waals surface area contributed by atoms with E-state index < -0.39 is 26.0 Å². The van der Waals surface area contributed by atoms with Gasteiger partial charge < -0.3 is 43.0 Å². The van der Waals surface area contributed by atoms with Gasteiger partial charge in [0.15, 0.2) is 0 Å². The van der Waals surface area contributed by atoms with E-state index in [-0.39, 0.29) is 98.5 Å². The molecule has 0 spiro atoms. The van der Waals surface area contributed by atoms with Crippen molar-refractivity contribution in [2.45, 2.75) is 0 Å². The molecule has 0 aliphatic heterocycles. The average molecular weight is 392 g/mol. The predicted molar refractivity (Wildman–Crippen MR) is 47.4 cm³/mol. The van der Waals surface area contributed by atoms with Crippen molar-refractivity contribution in [1.82, 2.24) is 0 Å². The Balaban J connectivity index is -0.0000000277. The quantitative estimate of drug-likeness (QED) is 0.169. The minimum absolute atomic E-state index is 0. The minimum atomic E-state index is -5.39. The number of phosphoric acid groups is 2.